The van der Waals surface area contributed by atoms with E-state index in [4.69, 9.17) is 4.74 Å². The van der Waals surface area contributed by atoms with Gasteiger partial charge in [0.2, 0.25) is 0 Å². The zero-order valence-corrected chi connectivity index (χ0v) is 15.5. The fourth-order valence-electron chi connectivity index (χ4n) is 1.99. The normalized spacial score (nSPS) is 13.2. The number of nitrogens with one attached hydrogen (secondary N) is 2. The number of thiophene rings is 1. The molecule has 0 aliphatic carbocycles. The van der Waals surface area contributed by atoms with E-state index in [2.05, 4.69) is 43.5 Å². The van der Waals surface area contributed by atoms with E-state index in [-0.39, 0.29) is 12.1 Å². The van der Waals surface area contributed by atoms with Gasteiger partial charge in [0.25, 0.3) is 0 Å². The molecule has 0 saturated carbocycles. The molecule has 0 spiro atoms. The maximum Gasteiger partial charge on any atom is 0.407 e. The number of hydrogen-bond acceptors (Lipinski definition) is 4. The quantitative estimate of drug-likeness (QED) is 0.797. The van der Waals surface area contributed by atoms with Crippen LogP contribution in [0.3, 0.4) is 0 Å². The van der Waals surface area contributed by atoms with Crippen molar-refractivity contribution in [1.82, 2.24) is 10.6 Å². The molecule has 0 aliphatic heterocycles. The molecule has 1 amide bonds. The number of ether oxygens (including phenoxy) is 1. The Hall–Kier alpha value is -1.07. The second-order valence-electron chi connectivity index (χ2n) is 6.84. The molecule has 0 aromatic carbocycles. The number of aryl methyl sites for hydroxylation is 1. The van der Waals surface area contributed by atoms with Crippen molar-refractivity contribution in [2.24, 2.45) is 5.92 Å². The molecule has 126 valence electrons. The number of hydrogen-bond donors (Lipinski definition) is 2. The smallest absolute Gasteiger partial charge is 0.407 e. The fraction of sp³-hybridized carbons (Fsp3) is 0.706. The molecule has 1 rings (SSSR count). The molecule has 5 heteroatoms. The SMILES string of the molecule is CCc1ccc(CNC(CNC(=O)OC(C)(C)C)C(C)C)s1. The molecular formula is C17H30N2O2S. The van der Waals surface area contributed by atoms with Crippen molar-refractivity contribution >= 4 is 17.4 Å². The maximum absolute atomic E-state index is 11.7. The van der Waals surface area contributed by atoms with Gasteiger partial charge in [0.15, 0.2) is 0 Å². The van der Waals surface area contributed by atoms with Gasteiger partial charge in [-0.15, -0.1) is 11.3 Å². The first kappa shape index (κ1) is 19.0. The van der Waals surface area contributed by atoms with Crippen molar-refractivity contribution in [2.45, 2.75) is 66.2 Å². The van der Waals surface area contributed by atoms with E-state index < -0.39 is 5.60 Å². The predicted octanol–water partition coefficient (Wildman–Crippen LogP) is 3.95. The minimum Gasteiger partial charge on any atom is -0.444 e. The number of amides is 1. The Labute approximate surface area is 138 Å². The third-order valence-electron chi connectivity index (χ3n) is 3.27. The van der Waals surface area contributed by atoms with Crippen LogP contribution in [0.15, 0.2) is 12.1 Å². The summed E-state index contributed by atoms with van der Waals surface area (Å²) in [7, 11) is 0. The number of carbonyl (C=O) groups is 1. The first-order valence-electron chi connectivity index (χ1n) is 7.99. The van der Waals surface area contributed by atoms with Gasteiger partial charge in [0.05, 0.1) is 0 Å². The maximum atomic E-state index is 11.7. The Bertz CT molecular complexity index is 463. The molecular weight excluding hydrogens is 296 g/mol. The molecule has 1 aromatic rings. The van der Waals surface area contributed by atoms with Gasteiger partial charge in [-0.05, 0) is 45.2 Å². The number of rotatable bonds is 7. The van der Waals surface area contributed by atoms with Crippen LogP contribution in [0.1, 0.15) is 51.3 Å². The van der Waals surface area contributed by atoms with Crippen LogP contribution in [0.4, 0.5) is 4.79 Å². The van der Waals surface area contributed by atoms with Gasteiger partial charge >= 0.3 is 6.09 Å². The van der Waals surface area contributed by atoms with Crippen molar-refractivity contribution in [3.8, 4) is 0 Å². The highest BCUT2D eigenvalue weighted by Gasteiger charge is 2.19. The molecule has 0 bridgehead atoms. The van der Waals surface area contributed by atoms with E-state index in [9.17, 15) is 4.79 Å². The summed E-state index contributed by atoms with van der Waals surface area (Å²) in [5.74, 6) is 0.431. The minimum atomic E-state index is -0.460. The predicted molar refractivity (Wildman–Crippen MR) is 93.4 cm³/mol. The lowest BCUT2D eigenvalue weighted by atomic mass is 10.0. The minimum absolute atomic E-state index is 0.222. The Kier molecular flexibility index (Phi) is 7.36. The molecule has 4 nitrogen and oxygen atoms in total. The van der Waals surface area contributed by atoms with Crippen LogP contribution in [0.2, 0.25) is 0 Å². The van der Waals surface area contributed by atoms with Gasteiger partial charge in [0, 0.05) is 28.9 Å². The van der Waals surface area contributed by atoms with Gasteiger partial charge in [0.1, 0.15) is 5.60 Å². The van der Waals surface area contributed by atoms with Crippen LogP contribution >= 0.6 is 11.3 Å². The van der Waals surface area contributed by atoms with Gasteiger partial charge < -0.3 is 15.4 Å². The summed E-state index contributed by atoms with van der Waals surface area (Å²) in [5.41, 5.74) is -0.460. The molecule has 22 heavy (non-hydrogen) atoms. The number of carbonyl (C=O) groups excluding carboxylic acids is 1. The largest absolute Gasteiger partial charge is 0.444 e. The first-order chi connectivity index (χ1) is 10.2. The topological polar surface area (TPSA) is 50.4 Å². The number of alkyl carbamates (subject to hydrolysis) is 1. The standard InChI is InChI=1S/C17H30N2O2S/c1-7-13-8-9-14(22-13)10-18-15(12(2)3)11-19-16(20)21-17(4,5)6/h8-9,12,15,18H,7,10-11H2,1-6H3,(H,19,20). The summed E-state index contributed by atoms with van der Waals surface area (Å²) in [5, 5.41) is 6.38. The van der Waals surface area contributed by atoms with Crippen LogP contribution in [0.25, 0.3) is 0 Å². The van der Waals surface area contributed by atoms with E-state index in [0.29, 0.717) is 12.5 Å². The second kappa shape index (κ2) is 8.53. The first-order valence-corrected chi connectivity index (χ1v) is 8.80. The molecule has 1 aromatic heterocycles. The average molecular weight is 327 g/mol. The van der Waals surface area contributed by atoms with E-state index in [1.54, 1.807) is 0 Å². The van der Waals surface area contributed by atoms with Gasteiger partial charge in [-0.1, -0.05) is 20.8 Å². The van der Waals surface area contributed by atoms with Crippen molar-refractivity contribution < 1.29 is 9.53 Å². The molecule has 0 saturated heterocycles. The van der Waals surface area contributed by atoms with Crippen molar-refractivity contribution in [3.05, 3.63) is 21.9 Å². The zero-order valence-electron chi connectivity index (χ0n) is 14.7. The Morgan fingerprint density at radius 3 is 2.41 bits per heavy atom. The molecule has 0 aliphatic rings. The summed E-state index contributed by atoms with van der Waals surface area (Å²) in [4.78, 5) is 14.5. The van der Waals surface area contributed by atoms with Gasteiger partial charge in [-0.2, -0.15) is 0 Å². The lowest BCUT2D eigenvalue weighted by molar-refractivity contribution is 0.0519. The van der Waals surface area contributed by atoms with Gasteiger partial charge in [-0.25, -0.2) is 4.79 Å². The van der Waals surface area contributed by atoms with Crippen LogP contribution in [0, 0.1) is 5.92 Å². The van der Waals surface area contributed by atoms with Gasteiger partial charge in [-0.3, -0.25) is 0 Å². The Morgan fingerprint density at radius 1 is 1.27 bits per heavy atom. The van der Waals surface area contributed by atoms with E-state index >= 15 is 0 Å². The summed E-state index contributed by atoms with van der Waals surface area (Å²) in [6.45, 7) is 13.5. The van der Waals surface area contributed by atoms with Crippen LogP contribution < -0.4 is 10.6 Å². The third-order valence-corrected chi connectivity index (χ3v) is 4.50. The van der Waals surface area contributed by atoms with E-state index in [1.165, 1.54) is 9.75 Å². The van der Waals surface area contributed by atoms with Crippen molar-refractivity contribution in [1.29, 1.82) is 0 Å². The Balaban J connectivity index is 2.43. The average Bonchev–Trinajstić information content (AvgIpc) is 2.84. The third kappa shape index (κ3) is 7.27. The zero-order chi connectivity index (χ0) is 16.8. The molecule has 1 atom stereocenters. The molecule has 2 N–H and O–H groups in total. The van der Waals surface area contributed by atoms with Crippen LogP contribution in [-0.2, 0) is 17.7 Å². The summed E-state index contributed by atoms with van der Waals surface area (Å²) in [6, 6.07) is 4.58. The lowest BCUT2D eigenvalue weighted by Crippen LogP contribution is -2.45. The molecule has 1 heterocycles. The summed E-state index contributed by atoms with van der Waals surface area (Å²) < 4.78 is 5.27. The summed E-state index contributed by atoms with van der Waals surface area (Å²) >= 11 is 1.84. The molecule has 0 radical (unpaired) electrons. The fourth-order valence-corrected chi connectivity index (χ4v) is 2.90. The Morgan fingerprint density at radius 2 is 1.91 bits per heavy atom. The highest BCUT2D eigenvalue weighted by Crippen LogP contribution is 2.17. The second-order valence-corrected chi connectivity index (χ2v) is 8.09. The van der Waals surface area contributed by atoms with E-state index in [1.807, 2.05) is 32.1 Å². The van der Waals surface area contributed by atoms with Crippen molar-refractivity contribution in [3.63, 3.8) is 0 Å². The highest BCUT2D eigenvalue weighted by molar-refractivity contribution is 7.11. The monoisotopic (exact) mass is 326 g/mol. The lowest BCUT2D eigenvalue weighted by Gasteiger charge is -2.24. The van der Waals surface area contributed by atoms with E-state index in [0.717, 1.165) is 13.0 Å². The van der Waals surface area contributed by atoms with Crippen LogP contribution in [-0.4, -0.2) is 24.3 Å². The highest BCUT2D eigenvalue weighted by atomic mass is 32.1. The molecule has 0 fully saturated rings. The molecule has 1 unspecified atom stereocenters. The van der Waals surface area contributed by atoms with Crippen LogP contribution in [0.5, 0.6) is 0 Å². The van der Waals surface area contributed by atoms with Crippen molar-refractivity contribution in [2.75, 3.05) is 6.54 Å². The summed E-state index contributed by atoms with van der Waals surface area (Å²) in [6.07, 6.45) is 0.725.